The van der Waals surface area contributed by atoms with E-state index in [0.29, 0.717) is 34.2 Å². The van der Waals surface area contributed by atoms with E-state index in [1.54, 1.807) is 36.5 Å². The summed E-state index contributed by atoms with van der Waals surface area (Å²) in [5.74, 6) is 0. The average molecular weight is 439 g/mol. The second kappa shape index (κ2) is 7.94. The van der Waals surface area contributed by atoms with Crippen LogP contribution in [-0.2, 0) is 21.4 Å². The van der Waals surface area contributed by atoms with Crippen LogP contribution in [-0.4, -0.2) is 48.4 Å². The average Bonchev–Trinajstić information content (AvgIpc) is 3.21. The lowest BCUT2D eigenvalue weighted by Crippen LogP contribution is -2.46. The Balaban J connectivity index is 1.56. The van der Waals surface area contributed by atoms with Gasteiger partial charge in [0.15, 0.2) is 4.90 Å². The van der Waals surface area contributed by atoms with Crippen LogP contribution in [0.5, 0.6) is 0 Å². The normalized spacial score (nSPS) is 16.9. The molecule has 0 aliphatic carbocycles. The summed E-state index contributed by atoms with van der Waals surface area (Å²) in [4.78, 5) is 3.68. The zero-order chi connectivity index (χ0) is 19.7. The third-order valence-electron chi connectivity index (χ3n) is 4.56. The van der Waals surface area contributed by atoms with Crippen molar-refractivity contribution in [3.05, 3.63) is 53.7 Å². The third kappa shape index (κ3) is 3.86. The van der Waals surface area contributed by atoms with Crippen molar-refractivity contribution < 1.29 is 13.0 Å². The highest BCUT2D eigenvalue weighted by Gasteiger charge is 2.25. The zero-order valence-corrected chi connectivity index (χ0v) is 17.2. The minimum Gasteiger partial charge on any atom is -0.593 e. The highest BCUT2D eigenvalue weighted by atomic mass is 35.5. The first-order valence-electron chi connectivity index (χ1n) is 8.72. The van der Waals surface area contributed by atoms with Crippen molar-refractivity contribution in [2.75, 3.05) is 30.9 Å². The van der Waals surface area contributed by atoms with Gasteiger partial charge in [-0.05, 0) is 42.5 Å². The number of aromatic nitrogens is 1. The lowest BCUT2D eigenvalue weighted by molar-refractivity contribution is 0.360. The predicted octanol–water partition coefficient (Wildman–Crippen LogP) is 2.55. The molecule has 1 aliphatic rings. The summed E-state index contributed by atoms with van der Waals surface area (Å²) in [6.07, 6.45) is 1.70. The number of piperazine rings is 1. The van der Waals surface area contributed by atoms with Gasteiger partial charge in [0.1, 0.15) is 0 Å². The Morgan fingerprint density at radius 2 is 1.79 bits per heavy atom. The summed E-state index contributed by atoms with van der Waals surface area (Å²) in [6, 6.07) is 11.2. The number of H-pyrrole nitrogens is 1. The van der Waals surface area contributed by atoms with Gasteiger partial charge < -0.3 is 14.9 Å². The zero-order valence-electron chi connectivity index (χ0n) is 14.8. The first-order chi connectivity index (χ1) is 13.5. The SMILES string of the molecule is O=S(=O)(Nc1ccc(Cl)c2cc[nH]c12)c1ccc([S+]([O-])N2CCNCC2)cc1. The highest BCUT2D eigenvalue weighted by Crippen LogP contribution is 2.30. The molecule has 1 fully saturated rings. The van der Waals surface area contributed by atoms with Gasteiger partial charge in [-0.3, -0.25) is 4.72 Å². The number of benzene rings is 2. The molecule has 0 saturated carbocycles. The topological polar surface area (TPSA) is 100 Å². The number of anilines is 1. The number of halogens is 1. The van der Waals surface area contributed by atoms with Crippen molar-refractivity contribution in [3.8, 4) is 0 Å². The van der Waals surface area contributed by atoms with E-state index in [2.05, 4.69) is 15.0 Å². The van der Waals surface area contributed by atoms with Crippen molar-refractivity contribution in [3.63, 3.8) is 0 Å². The summed E-state index contributed by atoms with van der Waals surface area (Å²) >= 11 is 4.84. The Labute approximate surface area is 171 Å². The summed E-state index contributed by atoms with van der Waals surface area (Å²) in [7, 11) is -3.80. The van der Waals surface area contributed by atoms with Crippen LogP contribution in [0.25, 0.3) is 10.9 Å². The molecule has 1 aromatic heterocycles. The molecule has 28 heavy (non-hydrogen) atoms. The van der Waals surface area contributed by atoms with Crippen molar-refractivity contribution in [2.45, 2.75) is 9.79 Å². The molecule has 1 unspecified atom stereocenters. The molecule has 0 spiro atoms. The number of nitrogens with one attached hydrogen (secondary N) is 3. The number of sulfonamides is 1. The summed E-state index contributed by atoms with van der Waals surface area (Å²) in [5.41, 5.74) is 1.03. The second-order valence-corrected chi connectivity index (χ2v) is 9.94. The van der Waals surface area contributed by atoms with Crippen molar-refractivity contribution in [1.82, 2.24) is 14.6 Å². The molecule has 3 aromatic rings. The van der Waals surface area contributed by atoms with Gasteiger partial charge in [-0.25, -0.2) is 8.42 Å². The van der Waals surface area contributed by atoms with E-state index >= 15 is 0 Å². The Kier molecular flexibility index (Phi) is 5.55. The van der Waals surface area contributed by atoms with Crippen LogP contribution in [0.15, 0.2) is 58.5 Å². The van der Waals surface area contributed by atoms with Gasteiger partial charge in [0, 0.05) is 24.7 Å². The largest absolute Gasteiger partial charge is 0.593 e. The fourth-order valence-corrected chi connectivity index (χ4v) is 5.58. The molecule has 4 rings (SSSR count). The highest BCUT2D eigenvalue weighted by molar-refractivity contribution is 7.92. The molecule has 2 aromatic carbocycles. The lowest BCUT2D eigenvalue weighted by atomic mass is 10.2. The van der Waals surface area contributed by atoms with Crippen molar-refractivity contribution in [1.29, 1.82) is 0 Å². The fraction of sp³-hybridized carbons (Fsp3) is 0.222. The smallest absolute Gasteiger partial charge is 0.261 e. The quantitative estimate of drug-likeness (QED) is 0.531. The van der Waals surface area contributed by atoms with Crippen LogP contribution in [0, 0.1) is 0 Å². The third-order valence-corrected chi connectivity index (χ3v) is 7.78. The standard InChI is InChI=1S/C18H19ClN4O3S2/c19-16-5-6-17(18-15(16)7-8-21-18)22-28(25,26)14-3-1-13(2-4-14)27(24)23-11-9-20-10-12-23/h1-8,20-22H,9-12H2. The molecule has 0 radical (unpaired) electrons. The van der Waals surface area contributed by atoms with E-state index in [9.17, 15) is 13.0 Å². The summed E-state index contributed by atoms with van der Waals surface area (Å²) in [5, 5.41) is 4.49. The molecule has 3 N–H and O–H groups in total. The minimum absolute atomic E-state index is 0.100. The van der Waals surface area contributed by atoms with E-state index in [0.717, 1.165) is 18.5 Å². The van der Waals surface area contributed by atoms with Gasteiger partial charge in [0.2, 0.25) is 0 Å². The van der Waals surface area contributed by atoms with Gasteiger partial charge >= 0.3 is 0 Å². The van der Waals surface area contributed by atoms with Gasteiger partial charge in [-0.2, -0.15) is 0 Å². The van der Waals surface area contributed by atoms with Gasteiger partial charge in [-0.1, -0.05) is 11.6 Å². The molecule has 1 aliphatic heterocycles. The molecule has 10 heteroatoms. The number of aromatic amines is 1. The van der Waals surface area contributed by atoms with Crippen LogP contribution >= 0.6 is 11.6 Å². The van der Waals surface area contributed by atoms with Crippen molar-refractivity contribution in [2.24, 2.45) is 0 Å². The minimum atomic E-state index is -3.80. The molecule has 1 saturated heterocycles. The van der Waals surface area contributed by atoms with Crippen LogP contribution < -0.4 is 10.0 Å². The van der Waals surface area contributed by atoms with Crippen LogP contribution in [0.1, 0.15) is 0 Å². The van der Waals surface area contributed by atoms with Crippen LogP contribution in [0.3, 0.4) is 0 Å². The summed E-state index contributed by atoms with van der Waals surface area (Å²) < 4.78 is 42.7. The van der Waals surface area contributed by atoms with Gasteiger partial charge in [0.05, 0.1) is 45.6 Å². The maximum absolute atomic E-state index is 12.8. The second-order valence-electron chi connectivity index (χ2n) is 6.37. The molecular weight excluding hydrogens is 420 g/mol. The fourth-order valence-electron chi connectivity index (χ4n) is 3.10. The maximum atomic E-state index is 12.8. The number of nitrogens with zero attached hydrogens (tertiary/aromatic N) is 1. The van der Waals surface area contributed by atoms with Crippen LogP contribution in [0.2, 0.25) is 5.02 Å². The van der Waals surface area contributed by atoms with E-state index in [4.69, 9.17) is 11.6 Å². The molecule has 2 heterocycles. The molecule has 148 valence electrons. The molecule has 0 bridgehead atoms. The number of hydrogen-bond donors (Lipinski definition) is 3. The number of fused-ring (bicyclic) bond motifs is 1. The Morgan fingerprint density at radius 3 is 2.50 bits per heavy atom. The van der Waals surface area contributed by atoms with Crippen molar-refractivity contribution >= 4 is 49.6 Å². The van der Waals surface area contributed by atoms with E-state index < -0.39 is 21.4 Å². The Bertz CT molecular complexity index is 1080. The number of rotatable bonds is 5. The van der Waals surface area contributed by atoms with E-state index in [1.807, 2.05) is 4.31 Å². The monoisotopic (exact) mass is 438 g/mol. The maximum Gasteiger partial charge on any atom is 0.261 e. The lowest BCUT2D eigenvalue weighted by Gasteiger charge is -2.27. The van der Waals surface area contributed by atoms with E-state index in [1.165, 1.54) is 12.1 Å². The molecule has 7 nitrogen and oxygen atoms in total. The first-order valence-corrected chi connectivity index (χ1v) is 11.7. The molecular formula is C18H19ClN4O3S2. The molecule has 1 atom stereocenters. The molecule has 0 amide bonds. The van der Waals surface area contributed by atoms with E-state index in [-0.39, 0.29) is 4.90 Å². The Morgan fingerprint density at radius 1 is 1.07 bits per heavy atom. The Hall–Kier alpha value is -1.75. The number of hydrogen-bond acceptors (Lipinski definition) is 5. The summed E-state index contributed by atoms with van der Waals surface area (Å²) in [6.45, 7) is 2.96. The first kappa shape index (κ1) is 19.6. The van der Waals surface area contributed by atoms with Gasteiger partial charge in [-0.15, -0.1) is 4.31 Å². The predicted molar refractivity (Wildman–Crippen MR) is 111 cm³/mol. The van der Waals surface area contributed by atoms with Crippen LogP contribution in [0.4, 0.5) is 5.69 Å². The van der Waals surface area contributed by atoms with Gasteiger partial charge in [0.25, 0.3) is 10.0 Å².